The maximum absolute atomic E-state index is 11.1. The fourth-order valence-electron chi connectivity index (χ4n) is 1.57. The normalized spacial score (nSPS) is 10.3. The van der Waals surface area contributed by atoms with Crippen LogP contribution in [0.5, 0.6) is 0 Å². The molecular formula is C12H8Cl2N2O2. The molecule has 1 aromatic carbocycles. The van der Waals surface area contributed by atoms with Gasteiger partial charge >= 0.3 is 5.97 Å². The highest BCUT2D eigenvalue weighted by Gasteiger charge is 2.17. The van der Waals surface area contributed by atoms with Crippen molar-refractivity contribution >= 4 is 35.0 Å². The van der Waals surface area contributed by atoms with Gasteiger partial charge in [-0.05, 0) is 18.2 Å². The lowest BCUT2D eigenvalue weighted by Gasteiger charge is -2.09. The second-order valence-corrected chi connectivity index (χ2v) is 4.32. The average Bonchev–Trinajstić information content (AvgIpc) is 2.33. The summed E-state index contributed by atoms with van der Waals surface area (Å²) in [5.74, 6) is -1.04. The van der Waals surface area contributed by atoms with Gasteiger partial charge < -0.3 is 10.8 Å². The second-order valence-electron chi connectivity index (χ2n) is 3.54. The summed E-state index contributed by atoms with van der Waals surface area (Å²) in [5, 5.41) is 9.75. The molecule has 0 atom stereocenters. The van der Waals surface area contributed by atoms with Crippen LogP contribution < -0.4 is 5.73 Å². The van der Waals surface area contributed by atoms with Crippen molar-refractivity contribution in [2.45, 2.75) is 0 Å². The maximum atomic E-state index is 11.1. The molecule has 0 spiro atoms. The van der Waals surface area contributed by atoms with Crippen LogP contribution in [0.2, 0.25) is 10.0 Å². The standard InChI is InChI=1S/C12H8Cl2N2O2/c13-8-3-1-2-6(10(8)14)7-4-5-9(15)16-11(7)12(17)18/h1-5H,(H2,15,16)(H,17,18). The van der Waals surface area contributed by atoms with Gasteiger partial charge in [0.2, 0.25) is 0 Å². The number of rotatable bonds is 2. The van der Waals surface area contributed by atoms with Gasteiger partial charge in [-0.3, -0.25) is 0 Å². The first-order valence-corrected chi connectivity index (χ1v) is 5.70. The summed E-state index contributed by atoms with van der Waals surface area (Å²) in [6.07, 6.45) is 0. The zero-order valence-corrected chi connectivity index (χ0v) is 10.5. The Bertz CT molecular complexity index is 629. The highest BCUT2D eigenvalue weighted by molar-refractivity contribution is 6.43. The highest BCUT2D eigenvalue weighted by atomic mass is 35.5. The lowest BCUT2D eigenvalue weighted by Crippen LogP contribution is -2.05. The molecular weight excluding hydrogens is 275 g/mol. The van der Waals surface area contributed by atoms with E-state index in [1.807, 2.05) is 0 Å². The Balaban J connectivity index is 2.71. The smallest absolute Gasteiger partial charge is 0.355 e. The summed E-state index contributed by atoms with van der Waals surface area (Å²) >= 11 is 12.0. The molecule has 0 radical (unpaired) electrons. The number of anilines is 1. The number of nitrogen functional groups attached to an aromatic ring is 1. The van der Waals surface area contributed by atoms with Crippen LogP contribution in [0.4, 0.5) is 5.82 Å². The minimum Gasteiger partial charge on any atom is -0.476 e. The monoisotopic (exact) mass is 282 g/mol. The van der Waals surface area contributed by atoms with Crippen LogP contribution in [0.3, 0.4) is 0 Å². The zero-order valence-electron chi connectivity index (χ0n) is 9.02. The predicted molar refractivity (Wildman–Crippen MR) is 71.1 cm³/mol. The number of nitrogens with zero attached hydrogens (tertiary/aromatic N) is 1. The number of benzene rings is 1. The van der Waals surface area contributed by atoms with Crippen LogP contribution in [-0.4, -0.2) is 16.1 Å². The summed E-state index contributed by atoms with van der Waals surface area (Å²) in [6.45, 7) is 0. The van der Waals surface area contributed by atoms with E-state index >= 15 is 0 Å². The van der Waals surface area contributed by atoms with E-state index in [9.17, 15) is 4.79 Å². The molecule has 0 aliphatic heterocycles. The van der Waals surface area contributed by atoms with Crippen molar-refractivity contribution in [3.63, 3.8) is 0 Å². The van der Waals surface area contributed by atoms with Gasteiger partial charge in [0.15, 0.2) is 5.69 Å². The molecule has 0 amide bonds. The fraction of sp³-hybridized carbons (Fsp3) is 0. The number of pyridine rings is 1. The van der Waals surface area contributed by atoms with Gasteiger partial charge in [-0.15, -0.1) is 0 Å². The van der Waals surface area contributed by atoms with E-state index in [2.05, 4.69) is 4.98 Å². The number of carboxylic acid groups (broad SMARTS) is 1. The topological polar surface area (TPSA) is 76.2 Å². The first kappa shape index (κ1) is 12.7. The SMILES string of the molecule is Nc1ccc(-c2cccc(Cl)c2Cl)c(C(=O)O)n1. The molecule has 0 aliphatic rings. The lowest BCUT2D eigenvalue weighted by molar-refractivity contribution is 0.0691. The van der Waals surface area contributed by atoms with Crippen LogP contribution in [0.1, 0.15) is 10.5 Å². The van der Waals surface area contributed by atoms with Crippen LogP contribution >= 0.6 is 23.2 Å². The predicted octanol–water partition coefficient (Wildman–Crippen LogP) is 3.34. The number of aromatic carboxylic acids is 1. The van der Waals surface area contributed by atoms with Gasteiger partial charge in [-0.2, -0.15) is 0 Å². The van der Waals surface area contributed by atoms with Gasteiger partial charge in [-0.25, -0.2) is 9.78 Å². The Morgan fingerprint density at radius 3 is 2.56 bits per heavy atom. The van der Waals surface area contributed by atoms with Gasteiger partial charge in [0.25, 0.3) is 0 Å². The fourth-order valence-corrected chi connectivity index (χ4v) is 1.97. The van der Waals surface area contributed by atoms with E-state index in [-0.39, 0.29) is 16.5 Å². The molecule has 0 fully saturated rings. The van der Waals surface area contributed by atoms with Crippen LogP contribution in [-0.2, 0) is 0 Å². The molecule has 92 valence electrons. The molecule has 18 heavy (non-hydrogen) atoms. The molecule has 3 N–H and O–H groups in total. The molecule has 0 bridgehead atoms. The van der Waals surface area contributed by atoms with Crippen molar-refractivity contribution in [1.82, 2.24) is 4.98 Å². The second kappa shape index (κ2) is 4.84. The summed E-state index contributed by atoms with van der Waals surface area (Å²) in [5.41, 5.74) is 6.21. The highest BCUT2D eigenvalue weighted by Crippen LogP contribution is 2.34. The quantitative estimate of drug-likeness (QED) is 0.886. The molecule has 0 saturated carbocycles. The minimum absolute atomic E-state index is 0.134. The number of hydrogen-bond acceptors (Lipinski definition) is 3. The van der Waals surface area contributed by atoms with Gasteiger partial charge in [-0.1, -0.05) is 35.3 Å². The Labute approximate surface area is 113 Å². The van der Waals surface area contributed by atoms with E-state index in [1.54, 1.807) is 24.3 Å². The zero-order chi connectivity index (χ0) is 13.3. The van der Waals surface area contributed by atoms with Crippen LogP contribution in [0, 0.1) is 0 Å². The molecule has 2 aromatic rings. The van der Waals surface area contributed by atoms with E-state index < -0.39 is 5.97 Å². The molecule has 1 aromatic heterocycles. The third kappa shape index (κ3) is 2.25. The Hall–Kier alpha value is -1.78. The summed E-state index contributed by atoms with van der Waals surface area (Å²) in [7, 11) is 0. The number of halogens is 2. The van der Waals surface area contributed by atoms with Crippen molar-refractivity contribution in [1.29, 1.82) is 0 Å². The van der Waals surface area contributed by atoms with Crippen LogP contribution in [0.15, 0.2) is 30.3 Å². The van der Waals surface area contributed by atoms with Gasteiger partial charge in [0, 0.05) is 11.1 Å². The number of carbonyl (C=O) groups is 1. The Morgan fingerprint density at radius 1 is 1.17 bits per heavy atom. The largest absolute Gasteiger partial charge is 0.476 e. The first-order valence-electron chi connectivity index (χ1n) is 4.95. The maximum Gasteiger partial charge on any atom is 0.355 e. The van der Waals surface area contributed by atoms with E-state index in [0.717, 1.165) is 0 Å². The van der Waals surface area contributed by atoms with Crippen molar-refractivity contribution in [3.05, 3.63) is 46.1 Å². The molecule has 1 heterocycles. The van der Waals surface area contributed by atoms with Gasteiger partial charge in [0.05, 0.1) is 10.0 Å². The van der Waals surface area contributed by atoms with Crippen molar-refractivity contribution in [3.8, 4) is 11.1 Å². The van der Waals surface area contributed by atoms with Gasteiger partial charge in [0.1, 0.15) is 5.82 Å². The molecule has 2 rings (SSSR count). The number of nitrogens with two attached hydrogens (primary N) is 1. The third-order valence-corrected chi connectivity index (χ3v) is 3.18. The van der Waals surface area contributed by atoms with Crippen molar-refractivity contribution in [2.75, 3.05) is 5.73 Å². The number of hydrogen-bond donors (Lipinski definition) is 2. The van der Waals surface area contributed by atoms with E-state index in [4.69, 9.17) is 34.0 Å². The Kier molecular flexibility index (Phi) is 3.41. The third-order valence-electron chi connectivity index (χ3n) is 2.36. The van der Waals surface area contributed by atoms with Crippen LogP contribution in [0.25, 0.3) is 11.1 Å². The van der Waals surface area contributed by atoms with E-state index in [1.165, 1.54) is 6.07 Å². The first-order chi connectivity index (χ1) is 8.50. The average molecular weight is 283 g/mol. The lowest BCUT2D eigenvalue weighted by atomic mass is 10.0. The van der Waals surface area contributed by atoms with E-state index in [0.29, 0.717) is 16.1 Å². The summed E-state index contributed by atoms with van der Waals surface area (Å²) in [4.78, 5) is 14.9. The molecule has 6 heteroatoms. The Morgan fingerprint density at radius 2 is 1.89 bits per heavy atom. The minimum atomic E-state index is -1.17. The van der Waals surface area contributed by atoms with Crippen molar-refractivity contribution in [2.24, 2.45) is 0 Å². The molecule has 0 unspecified atom stereocenters. The van der Waals surface area contributed by atoms with Crippen molar-refractivity contribution < 1.29 is 9.90 Å². The molecule has 4 nitrogen and oxygen atoms in total. The number of carboxylic acids is 1. The number of aromatic nitrogens is 1. The molecule has 0 aliphatic carbocycles. The summed E-state index contributed by atoms with van der Waals surface area (Å²) < 4.78 is 0. The molecule has 0 saturated heterocycles. The summed E-state index contributed by atoms with van der Waals surface area (Å²) in [6, 6.07) is 8.06.